The van der Waals surface area contributed by atoms with Crippen LogP contribution < -0.4 is 25.4 Å². The molecule has 0 radical (unpaired) electrons. The average molecular weight is 624 g/mol. The van der Waals surface area contributed by atoms with Gasteiger partial charge in [-0.05, 0) is 82.5 Å². The summed E-state index contributed by atoms with van der Waals surface area (Å²) in [5, 5.41) is 22.2. The van der Waals surface area contributed by atoms with E-state index in [4.69, 9.17) is 18.6 Å². The fourth-order valence-corrected chi connectivity index (χ4v) is 5.48. The number of aromatic amines is 1. The molecule has 0 unspecified atom stereocenters. The Hall–Kier alpha value is -5.44. The SMILES string of the molecule is COc1c(CC=C(C)C)c2c(c3oc(=O)c(-c4ccc(O)cc4)c(O)c13)C=CC(C)(C)O2.COc1cccc2c(C)cc(=O)[nH]c12. The van der Waals surface area contributed by atoms with E-state index in [-0.39, 0.29) is 28.2 Å². The number of aromatic hydroxyl groups is 2. The van der Waals surface area contributed by atoms with E-state index in [1.54, 1.807) is 25.3 Å². The van der Waals surface area contributed by atoms with E-state index in [0.717, 1.165) is 27.6 Å². The summed E-state index contributed by atoms with van der Waals surface area (Å²) in [6, 6.07) is 13.3. The highest BCUT2D eigenvalue weighted by Gasteiger charge is 2.32. The van der Waals surface area contributed by atoms with Crippen LogP contribution in [0.25, 0.3) is 39.1 Å². The molecule has 0 spiro atoms. The zero-order valence-corrected chi connectivity index (χ0v) is 26.9. The minimum Gasteiger partial charge on any atom is -0.508 e. The number of aromatic nitrogens is 1. The molecular weight excluding hydrogens is 586 g/mol. The number of ether oxygens (including phenoxy) is 3. The molecule has 3 heterocycles. The largest absolute Gasteiger partial charge is 0.508 e. The highest BCUT2D eigenvalue weighted by molar-refractivity contribution is 6.02. The van der Waals surface area contributed by atoms with Crippen LogP contribution in [0.1, 0.15) is 44.4 Å². The number of hydrogen-bond donors (Lipinski definition) is 3. The molecule has 0 saturated heterocycles. The van der Waals surface area contributed by atoms with E-state index < -0.39 is 11.2 Å². The van der Waals surface area contributed by atoms with Crippen LogP contribution in [0.5, 0.6) is 28.7 Å². The van der Waals surface area contributed by atoms with E-state index >= 15 is 0 Å². The normalized spacial score (nSPS) is 12.9. The van der Waals surface area contributed by atoms with Gasteiger partial charge in [0.1, 0.15) is 45.3 Å². The number of para-hydroxylation sites is 1. The van der Waals surface area contributed by atoms with Gasteiger partial charge in [0.25, 0.3) is 0 Å². The lowest BCUT2D eigenvalue weighted by Crippen LogP contribution is -2.28. The maximum absolute atomic E-state index is 12.9. The van der Waals surface area contributed by atoms with Crippen molar-refractivity contribution in [3.8, 4) is 39.9 Å². The minimum absolute atomic E-state index is 0.00458. The predicted octanol–water partition coefficient (Wildman–Crippen LogP) is 7.42. The van der Waals surface area contributed by atoms with Crippen LogP contribution in [-0.4, -0.2) is 35.0 Å². The second-order valence-electron chi connectivity index (χ2n) is 11.8. The zero-order chi connectivity index (χ0) is 33.3. The number of fused-ring (bicyclic) bond motifs is 4. The summed E-state index contributed by atoms with van der Waals surface area (Å²) < 4.78 is 22.9. The lowest BCUT2D eigenvalue weighted by atomic mass is 9.93. The summed E-state index contributed by atoms with van der Waals surface area (Å²) in [6.45, 7) is 9.80. The number of phenols is 1. The van der Waals surface area contributed by atoms with Crippen molar-refractivity contribution in [2.45, 2.75) is 46.6 Å². The maximum Gasteiger partial charge on any atom is 0.348 e. The molecule has 238 valence electrons. The van der Waals surface area contributed by atoms with E-state index in [9.17, 15) is 19.8 Å². The number of H-pyrrole nitrogens is 1. The molecule has 1 aliphatic rings. The van der Waals surface area contributed by atoms with Crippen molar-refractivity contribution in [1.82, 2.24) is 4.98 Å². The molecule has 46 heavy (non-hydrogen) atoms. The molecule has 3 N–H and O–H groups in total. The van der Waals surface area contributed by atoms with Crippen LogP contribution in [0.15, 0.2) is 80.3 Å². The van der Waals surface area contributed by atoms with Crippen molar-refractivity contribution < 1.29 is 28.8 Å². The number of pyridine rings is 1. The van der Waals surface area contributed by atoms with Crippen LogP contribution in [0.2, 0.25) is 0 Å². The van der Waals surface area contributed by atoms with Gasteiger partial charge in [-0.2, -0.15) is 0 Å². The number of benzene rings is 3. The smallest absolute Gasteiger partial charge is 0.348 e. The molecule has 9 nitrogen and oxygen atoms in total. The second kappa shape index (κ2) is 12.5. The van der Waals surface area contributed by atoms with Gasteiger partial charge in [-0.25, -0.2) is 4.79 Å². The Labute approximate surface area is 266 Å². The highest BCUT2D eigenvalue weighted by Crippen LogP contribution is 2.49. The van der Waals surface area contributed by atoms with E-state index in [2.05, 4.69) is 11.1 Å². The van der Waals surface area contributed by atoms with Crippen molar-refractivity contribution >= 4 is 27.9 Å². The fraction of sp³-hybridized carbons (Fsp3) is 0.243. The van der Waals surface area contributed by atoms with Crippen molar-refractivity contribution in [3.05, 3.63) is 104 Å². The lowest BCUT2D eigenvalue weighted by molar-refractivity contribution is 0.157. The van der Waals surface area contributed by atoms with Gasteiger partial charge in [0.05, 0.1) is 25.3 Å². The quantitative estimate of drug-likeness (QED) is 0.136. The summed E-state index contributed by atoms with van der Waals surface area (Å²) >= 11 is 0. The first-order valence-corrected chi connectivity index (χ1v) is 14.8. The summed E-state index contributed by atoms with van der Waals surface area (Å²) in [5.41, 5.74) is 3.48. The van der Waals surface area contributed by atoms with Crippen LogP contribution >= 0.6 is 0 Å². The molecule has 2 aromatic heterocycles. The molecular formula is C37H37NO8. The van der Waals surface area contributed by atoms with E-state index in [1.165, 1.54) is 19.2 Å². The van der Waals surface area contributed by atoms with Crippen LogP contribution in [-0.2, 0) is 6.42 Å². The first kappa shape index (κ1) is 32.0. The van der Waals surface area contributed by atoms with Gasteiger partial charge >= 0.3 is 5.63 Å². The van der Waals surface area contributed by atoms with Gasteiger partial charge in [-0.15, -0.1) is 0 Å². The number of rotatable bonds is 5. The van der Waals surface area contributed by atoms with E-state index in [0.29, 0.717) is 40.2 Å². The summed E-state index contributed by atoms with van der Waals surface area (Å²) in [4.78, 5) is 27.0. The molecule has 9 heteroatoms. The first-order chi connectivity index (χ1) is 21.8. The summed E-state index contributed by atoms with van der Waals surface area (Å²) in [5.74, 6) is 1.48. The molecule has 3 aromatic carbocycles. The molecule has 1 aliphatic heterocycles. The van der Waals surface area contributed by atoms with Gasteiger partial charge in [0.15, 0.2) is 5.58 Å². The molecule has 0 amide bonds. The monoisotopic (exact) mass is 623 g/mol. The Morgan fingerprint density at radius 3 is 2.39 bits per heavy atom. The fourth-order valence-electron chi connectivity index (χ4n) is 5.48. The summed E-state index contributed by atoms with van der Waals surface area (Å²) in [7, 11) is 3.11. The maximum atomic E-state index is 12.9. The molecule has 0 bridgehead atoms. The van der Waals surface area contributed by atoms with Gasteiger partial charge in [0.2, 0.25) is 5.56 Å². The second-order valence-corrected chi connectivity index (χ2v) is 11.8. The lowest BCUT2D eigenvalue weighted by Gasteiger charge is -2.31. The number of hydrogen-bond acceptors (Lipinski definition) is 8. The van der Waals surface area contributed by atoms with Gasteiger partial charge in [0, 0.05) is 17.0 Å². The Balaban J connectivity index is 0.000000247. The Morgan fingerprint density at radius 2 is 1.74 bits per heavy atom. The third kappa shape index (κ3) is 6.08. The number of methoxy groups -OCH3 is 2. The standard InChI is InChI=1S/C26H26O6.C11H11NO2/c1-14(2)6-11-17-22-18(12-13-26(3,4)32-22)24-20(23(17)30-5)21(28)19(25(29)31-24)15-7-9-16(27)10-8-15;1-7-6-10(13)12-11-8(7)4-3-5-9(11)14-2/h6-10,12-13,27-28H,11H2,1-5H3;3-6H,1-2H3,(H,12,13). The third-order valence-electron chi connectivity index (χ3n) is 7.72. The Kier molecular flexibility index (Phi) is 8.70. The zero-order valence-electron chi connectivity index (χ0n) is 26.9. The predicted molar refractivity (Wildman–Crippen MR) is 181 cm³/mol. The molecule has 5 aromatic rings. The minimum atomic E-state index is -0.694. The molecule has 0 aliphatic carbocycles. The van der Waals surface area contributed by atoms with Gasteiger partial charge in [-0.3, -0.25) is 4.79 Å². The Bertz CT molecular complexity index is 2130. The summed E-state index contributed by atoms with van der Waals surface area (Å²) in [6.07, 6.45) is 6.31. The molecule has 0 atom stereocenters. The van der Waals surface area contributed by atoms with Gasteiger partial charge in [-0.1, -0.05) is 35.9 Å². The van der Waals surface area contributed by atoms with Gasteiger partial charge < -0.3 is 33.8 Å². The van der Waals surface area contributed by atoms with E-state index in [1.807, 2.05) is 65.0 Å². The first-order valence-electron chi connectivity index (χ1n) is 14.8. The number of allylic oxidation sites excluding steroid dienone is 2. The van der Waals surface area contributed by atoms with Crippen LogP contribution in [0.4, 0.5) is 0 Å². The highest BCUT2D eigenvalue weighted by atomic mass is 16.5. The molecule has 6 rings (SSSR count). The molecule has 0 fully saturated rings. The van der Waals surface area contributed by atoms with Crippen molar-refractivity contribution in [2.75, 3.05) is 14.2 Å². The number of aryl methyl sites for hydroxylation is 1. The Morgan fingerprint density at radius 1 is 1.02 bits per heavy atom. The average Bonchev–Trinajstić information content (AvgIpc) is 3.00. The van der Waals surface area contributed by atoms with Crippen molar-refractivity contribution in [1.29, 1.82) is 0 Å². The molecule has 0 saturated carbocycles. The van der Waals surface area contributed by atoms with Crippen molar-refractivity contribution in [2.24, 2.45) is 0 Å². The van der Waals surface area contributed by atoms with Crippen molar-refractivity contribution in [3.63, 3.8) is 0 Å². The number of nitrogens with one attached hydrogen (secondary N) is 1. The number of phenolic OH excluding ortho intramolecular Hbond substituents is 1. The van der Waals surface area contributed by atoms with Crippen LogP contribution in [0.3, 0.4) is 0 Å². The topological polar surface area (TPSA) is 131 Å². The third-order valence-corrected chi connectivity index (χ3v) is 7.72. The van der Waals surface area contributed by atoms with Crippen LogP contribution in [0, 0.1) is 6.92 Å².